The molecule has 8 heteroatoms. The Morgan fingerprint density at radius 1 is 1.21 bits per heavy atom. The third-order valence-corrected chi connectivity index (χ3v) is 4.60. The summed E-state index contributed by atoms with van der Waals surface area (Å²) >= 11 is 0. The summed E-state index contributed by atoms with van der Waals surface area (Å²) in [7, 11) is 0. The average Bonchev–Trinajstić information content (AvgIpc) is 3.24. The first kappa shape index (κ1) is 18.1. The van der Waals surface area contributed by atoms with Crippen LogP contribution < -0.4 is 10.5 Å². The summed E-state index contributed by atoms with van der Waals surface area (Å²) in [5.74, 6) is 1.06. The zero-order valence-corrected chi connectivity index (χ0v) is 15.4. The van der Waals surface area contributed by atoms with Crippen LogP contribution in [0.4, 0.5) is 5.69 Å². The zero-order valence-electron chi connectivity index (χ0n) is 15.4. The normalized spacial score (nSPS) is 14.7. The van der Waals surface area contributed by atoms with E-state index in [4.69, 9.17) is 20.6 Å². The van der Waals surface area contributed by atoms with E-state index in [9.17, 15) is 0 Å². The van der Waals surface area contributed by atoms with Crippen molar-refractivity contribution in [2.75, 3.05) is 38.6 Å². The van der Waals surface area contributed by atoms with Crippen molar-refractivity contribution in [3.8, 4) is 22.9 Å². The highest BCUT2D eigenvalue weighted by Gasteiger charge is 2.15. The van der Waals surface area contributed by atoms with E-state index in [1.165, 1.54) is 0 Å². The summed E-state index contributed by atoms with van der Waals surface area (Å²) in [5.41, 5.74) is 9.73. The first-order chi connectivity index (χ1) is 13.7. The SMILES string of the molecule is N=C(CN1CCOCC1)c1ccc(Oc2ccc(-c3ccn[nH]3)cn2)cc1N. The molecule has 1 aromatic carbocycles. The molecule has 0 spiro atoms. The van der Waals surface area contributed by atoms with Crippen LogP contribution in [0.5, 0.6) is 11.6 Å². The van der Waals surface area contributed by atoms with Crippen molar-refractivity contribution in [3.63, 3.8) is 0 Å². The van der Waals surface area contributed by atoms with Crippen LogP contribution in [-0.2, 0) is 4.74 Å². The molecule has 0 atom stereocenters. The minimum Gasteiger partial charge on any atom is -0.439 e. The van der Waals surface area contributed by atoms with Gasteiger partial charge in [0.25, 0.3) is 0 Å². The lowest BCUT2D eigenvalue weighted by Crippen LogP contribution is -2.39. The molecule has 28 heavy (non-hydrogen) atoms. The highest BCUT2D eigenvalue weighted by atomic mass is 16.5. The number of nitrogens with zero attached hydrogens (tertiary/aromatic N) is 3. The van der Waals surface area contributed by atoms with E-state index >= 15 is 0 Å². The molecule has 3 aromatic rings. The Labute approximate surface area is 162 Å². The molecule has 0 unspecified atom stereocenters. The molecular weight excluding hydrogens is 356 g/mol. The maximum atomic E-state index is 8.37. The molecule has 1 aliphatic heterocycles. The number of hydrogen-bond acceptors (Lipinski definition) is 7. The molecule has 0 radical (unpaired) electrons. The van der Waals surface area contributed by atoms with Gasteiger partial charge in [0.1, 0.15) is 5.75 Å². The lowest BCUT2D eigenvalue weighted by molar-refractivity contribution is 0.0453. The molecule has 8 nitrogen and oxygen atoms in total. The lowest BCUT2D eigenvalue weighted by atomic mass is 10.1. The molecule has 3 heterocycles. The smallest absolute Gasteiger partial charge is 0.219 e. The number of nitrogens with two attached hydrogens (primary N) is 1. The molecular formula is C20H22N6O2. The van der Waals surface area contributed by atoms with Gasteiger partial charge >= 0.3 is 0 Å². The van der Waals surface area contributed by atoms with Crippen LogP contribution in [0, 0.1) is 5.41 Å². The standard InChI is InChI=1S/C20H22N6O2/c21-17-11-15(2-3-16(17)18(22)13-26-7-9-27-10-8-26)28-20-4-1-14(12-23-20)19-5-6-24-25-19/h1-6,11-12,22H,7-10,13,21H2,(H,24,25). The second-order valence-electron chi connectivity index (χ2n) is 6.57. The summed E-state index contributed by atoms with van der Waals surface area (Å²) in [6.07, 6.45) is 3.42. The molecule has 1 aliphatic rings. The highest BCUT2D eigenvalue weighted by molar-refractivity contribution is 6.04. The van der Waals surface area contributed by atoms with Gasteiger partial charge in [0, 0.05) is 61.0 Å². The van der Waals surface area contributed by atoms with Gasteiger partial charge in [-0.3, -0.25) is 10.00 Å². The molecule has 0 aliphatic carbocycles. The topological polar surface area (TPSA) is 113 Å². The summed E-state index contributed by atoms with van der Waals surface area (Å²) in [4.78, 5) is 6.52. The molecule has 1 fully saturated rings. The number of rotatable bonds is 6. The van der Waals surface area contributed by atoms with Gasteiger partial charge < -0.3 is 20.6 Å². The number of anilines is 1. The number of H-pyrrole nitrogens is 1. The maximum absolute atomic E-state index is 8.37. The number of pyridine rings is 1. The minimum atomic E-state index is 0.471. The monoisotopic (exact) mass is 378 g/mol. The predicted molar refractivity (Wildman–Crippen MR) is 107 cm³/mol. The number of aromatic nitrogens is 3. The molecule has 4 N–H and O–H groups in total. The number of hydrogen-bond donors (Lipinski definition) is 3. The van der Waals surface area contributed by atoms with Crippen molar-refractivity contribution >= 4 is 11.4 Å². The van der Waals surface area contributed by atoms with Gasteiger partial charge in [-0.05, 0) is 24.3 Å². The van der Waals surface area contributed by atoms with E-state index in [2.05, 4.69) is 20.1 Å². The summed E-state index contributed by atoms with van der Waals surface area (Å²) < 4.78 is 11.1. The Morgan fingerprint density at radius 3 is 2.75 bits per heavy atom. The highest BCUT2D eigenvalue weighted by Crippen LogP contribution is 2.26. The van der Waals surface area contributed by atoms with E-state index in [1.807, 2.05) is 24.3 Å². The minimum absolute atomic E-state index is 0.471. The number of ether oxygens (including phenoxy) is 2. The van der Waals surface area contributed by atoms with Crippen LogP contribution in [0.3, 0.4) is 0 Å². The van der Waals surface area contributed by atoms with E-state index in [1.54, 1.807) is 24.5 Å². The van der Waals surface area contributed by atoms with Crippen LogP contribution >= 0.6 is 0 Å². The number of benzene rings is 1. The first-order valence-electron chi connectivity index (χ1n) is 9.10. The van der Waals surface area contributed by atoms with Crippen molar-refractivity contribution in [2.24, 2.45) is 0 Å². The van der Waals surface area contributed by atoms with Crippen molar-refractivity contribution in [3.05, 3.63) is 54.4 Å². The summed E-state index contributed by atoms with van der Waals surface area (Å²) in [6.45, 7) is 3.65. The zero-order chi connectivity index (χ0) is 19.3. The van der Waals surface area contributed by atoms with Crippen molar-refractivity contribution in [2.45, 2.75) is 0 Å². The predicted octanol–water partition coefficient (Wildman–Crippen LogP) is 2.55. The lowest BCUT2D eigenvalue weighted by Gasteiger charge is -2.26. The fourth-order valence-electron chi connectivity index (χ4n) is 3.08. The fraction of sp³-hybridized carbons (Fsp3) is 0.250. The number of morpholine rings is 1. The molecule has 0 bridgehead atoms. The summed E-state index contributed by atoms with van der Waals surface area (Å²) in [5, 5.41) is 15.2. The molecule has 144 valence electrons. The average molecular weight is 378 g/mol. The van der Waals surface area contributed by atoms with Crippen molar-refractivity contribution in [1.82, 2.24) is 20.1 Å². The number of aromatic amines is 1. The number of nitrogen functional groups attached to an aromatic ring is 1. The first-order valence-corrected chi connectivity index (χ1v) is 9.10. The van der Waals surface area contributed by atoms with Crippen LogP contribution in [0.2, 0.25) is 0 Å². The Bertz CT molecular complexity index is 934. The summed E-state index contributed by atoms with van der Waals surface area (Å²) in [6, 6.07) is 10.9. The van der Waals surface area contributed by atoms with E-state index in [0.717, 1.165) is 29.9 Å². The third-order valence-electron chi connectivity index (χ3n) is 4.60. The van der Waals surface area contributed by atoms with Crippen molar-refractivity contribution < 1.29 is 9.47 Å². The van der Waals surface area contributed by atoms with Gasteiger partial charge in [-0.2, -0.15) is 5.10 Å². The second kappa shape index (κ2) is 8.20. The largest absolute Gasteiger partial charge is 0.439 e. The molecule has 0 saturated carbocycles. The van der Waals surface area contributed by atoms with E-state index < -0.39 is 0 Å². The van der Waals surface area contributed by atoms with Crippen LogP contribution in [0.1, 0.15) is 5.56 Å². The molecule has 0 amide bonds. The van der Waals surface area contributed by atoms with Gasteiger partial charge in [0.05, 0.1) is 24.6 Å². The van der Waals surface area contributed by atoms with Crippen LogP contribution in [0.15, 0.2) is 48.8 Å². The Kier molecular flexibility index (Phi) is 5.31. The maximum Gasteiger partial charge on any atom is 0.219 e. The fourth-order valence-corrected chi connectivity index (χ4v) is 3.08. The quantitative estimate of drug-likeness (QED) is 0.449. The van der Waals surface area contributed by atoms with Gasteiger partial charge in [-0.25, -0.2) is 4.98 Å². The molecule has 2 aromatic heterocycles. The third kappa shape index (κ3) is 4.19. The van der Waals surface area contributed by atoms with E-state index in [0.29, 0.717) is 42.8 Å². The van der Waals surface area contributed by atoms with Crippen molar-refractivity contribution in [1.29, 1.82) is 5.41 Å². The Hall–Kier alpha value is -3.23. The van der Waals surface area contributed by atoms with E-state index in [-0.39, 0.29) is 0 Å². The molecule has 1 saturated heterocycles. The number of nitrogens with one attached hydrogen (secondary N) is 2. The van der Waals surface area contributed by atoms with Crippen LogP contribution in [-0.4, -0.2) is 58.6 Å². The van der Waals surface area contributed by atoms with Gasteiger partial charge in [-0.15, -0.1) is 0 Å². The second-order valence-corrected chi connectivity index (χ2v) is 6.57. The Balaban J connectivity index is 1.42. The van der Waals surface area contributed by atoms with Gasteiger partial charge in [-0.1, -0.05) is 0 Å². The molecule has 4 rings (SSSR count). The van der Waals surface area contributed by atoms with Gasteiger partial charge in [0.15, 0.2) is 0 Å². The van der Waals surface area contributed by atoms with Crippen LogP contribution in [0.25, 0.3) is 11.3 Å². The van der Waals surface area contributed by atoms with Gasteiger partial charge in [0.2, 0.25) is 5.88 Å². The Morgan fingerprint density at radius 2 is 2.07 bits per heavy atom.